The summed E-state index contributed by atoms with van der Waals surface area (Å²) in [6, 6.07) is 25.4. The van der Waals surface area contributed by atoms with Crippen LogP contribution >= 0.6 is 15.9 Å². The Morgan fingerprint density at radius 1 is 0.872 bits per heavy atom. The zero-order chi connectivity index (χ0) is 28.4. The van der Waals surface area contributed by atoms with Crippen molar-refractivity contribution in [2.45, 2.75) is 70.4 Å². The largest absolute Gasteiger partial charge is 0.465 e. The van der Waals surface area contributed by atoms with Gasteiger partial charge < -0.3 is 25.2 Å². The third-order valence-corrected chi connectivity index (χ3v) is 6.77. The van der Waals surface area contributed by atoms with Crippen LogP contribution in [0, 0.1) is 0 Å². The molecule has 1 unspecified atom stereocenters. The molecule has 0 saturated heterocycles. The fourth-order valence-electron chi connectivity index (χ4n) is 4.40. The van der Waals surface area contributed by atoms with Gasteiger partial charge in [-0.1, -0.05) is 88.7 Å². The van der Waals surface area contributed by atoms with Crippen LogP contribution in [-0.2, 0) is 24.1 Å². The average Bonchev–Trinajstić information content (AvgIpc) is 2.88. The number of alkyl carbamates (subject to hydrolysis) is 1. The zero-order valence-corrected chi connectivity index (χ0v) is 24.2. The zero-order valence-electron chi connectivity index (χ0n) is 22.6. The average molecular weight is 598 g/mol. The van der Waals surface area contributed by atoms with Crippen molar-refractivity contribution in [3.05, 3.63) is 106 Å². The molecule has 0 bridgehead atoms. The summed E-state index contributed by atoms with van der Waals surface area (Å²) >= 11 is 3.45. The van der Waals surface area contributed by atoms with Crippen molar-refractivity contribution in [2.75, 3.05) is 0 Å². The van der Waals surface area contributed by atoms with E-state index < -0.39 is 36.0 Å². The highest BCUT2D eigenvalue weighted by molar-refractivity contribution is 9.10. The molecule has 7 nitrogen and oxygen atoms in total. The second kappa shape index (κ2) is 14.1. The molecule has 39 heavy (non-hydrogen) atoms. The Morgan fingerprint density at radius 2 is 1.41 bits per heavy atom. The number of carbonyl (C=O) groups excluding carboxylic acids is 1. The minimum absolute atomic E-state index is 0.114. The van der Waals surface area contributed by atoms with Gasteiger partial charge in [-0.25, -0.2) is 9.59 Å². The van der Waals surface area contributed by atoms with E-state index in [4.69, 9.17) is 4.74 Å². The first-order chi connectivity index (χ1) is 18.5. The van der Waals surface area contributed by atoms with E-state index in [0.29, 0.717) is 12.8 Å². The van der Waals surface area contributed by atoms with Crippen LogP contribution in [0.5, 0.6) is 0 Å². The maximum atomic E-state index is 12.7. The number of nitrogens with one attached hydrogen (secondary N) is 1. The van der Waals surface area contributed by atoms with E-state index in [-0.39, 0.29) is 13.0 Å². The molecule has 208 valence electrons. The molecule has 0 aromatic heterocycles. The Hall–Kier alpha value is -3.36. The summed E-state index contributed by atoms with van der Waals surface area (Å²) in [7, 11) is 0. The summed E-state index contributed by atoms with van der Waals surface area (Å²) in [6.07, 6.45) is -1.89. The number of amides is 2. The summed E-state index contributed by atoms with van der Waals surface area (Å²) in [5, 5.41) is 24.6. The predicted octanol–water partition coefficient (Wildman–Crippen LogP) is 6.43. The van der Waals surface area contributed by atoms with Gasteiger partial charge in [0.25, 0.3) is 0 Å². The van der Waals surface area contributed by atoms with Crippen LogP contribution in [0.25, 0.3) is 0 Å². The number of ether oxygens (including phenoxy) is 1. The molecule has 3 rings (SSSR count). The molecule has 0 aliphatic heterocycles. The number of carboxylic acid groups (broad SMARTS) is 1. The molecule has 2 amide bonds. The Labute approximate surface area is 238 Å². The minimum Gasteiger partial charge on any atom is -0.465 e. The van der Waals surface area contributed by atoms with Gasteiger partial charge in [-0.2, -0.15) is 0 Å². The number of aliphatic hydroxyl groups is 1. The van der Waals surface area contributed by atoms with Crippen LogP contribution in [0.15, 0.2) is 89.4 Å². The van der Waals surface area contributed by atoms with Gasteiger partial charge in [0.2, 0.25) is 0 Å². The Kier molecular flexibility index (Phi) is 10.9. The van der Waals surface area contributed by atoms with Crippen molar-refractivity contribution >= 4 is 28.1 Å². The van der Waals surface area contributed by atoms with Crippen LogP contribution in [-0.4, -0.2) is 51.1 Å². The number of rotatable bonds is 11. The molecule has 0 radical (unpaired) electrons. The number of halogens is 1. The number of benzene rings is 3. The van der Waals surface area contributed by atoms with Crippen molar-refractivity contribution in [1.82, 2.24) is 10.2 Å². The fraction of sp³-hybridized carbons (Fsp3) is 0.355. The number of nitrogens with zero attached hydrogens (tertiary/aromatic N) is 1. The Morgan fingerprint density at radius 3 is 1.95 bits per heavy atom. The van der Waals surface area contributed by atoms with Crippen LogP contribution in [0.3, 0.4) is 0 Å². The first-order valence-electron chi connectivity index (χ1n) is 13.0. The van der Waals surface area contributed by atoms with E-state index in [0.717, 1.165) is 21.2 Å². The van der Waals surface area contributed by atoms with Gasteiger partial charge in [0.1, 0.15) is 5.60 Å². The molecule has 8 heteroatoms. The van der Waals surface area contributed by atoms with Gasteiger partial charge in [-0.15, -0.1) is 0 Å². The van der Waals surface area contributed by atoms with E-state index >= 15 is 0 Å². The normalized spacial score (nSPS) is 13.7. The van der Waals surface area contributed by atoms with Crippen LogP contribution in [0.1, 0.15) is 43.9 Å². The highest BCUT2D eigenvalue weighted by atomic mass is 79.9. The smallest absolute Gasteiger partial charge is 0.407 e. The quantitative estimate of drug-likeness (QED) is 0.237. The lowest BCUT2D eigenvalue weighted by Crippen LogP contribution is -2.50. The maximum Gasteiger partial charge on any atom is 0.407 e. The Bertz CT molecular complexity index is 1180. The van der Waals surface area contributed by atoms with E-state index in [1.54, 1.807) is 20.8 Å². The van der Waals surface area contributed by atoms with Crippen LogP contribution in [0.2, 0.25) is 0 Å². The molecule has 3 atom stereocenters. The van der Waals surface area contributed by atoms with Crippen molar-refractivity contribution in [2.24, 2.45) is 0 Å². The molecule has 3 N–H and O–H groups in total. The third kappa shape index (κ3) is 10.4. The van der Waals surface area contributed by atoms with Crippen molar-refractivity contribution < 1.29 is 24.5 Å². The first kappa shape index (κ1) is 30.2. The molecule has 0 saturated carbocycles. The van der Waals surface area contributed by atoms with Gasteiger partial charge in [0, 0.05) is 17.1 Å². The topological polar surface area (TPSA) is 99.1 Å². The number of hydrogen-bond donors (Lipinski definition) is 3. The molecular weight excluding hydrogens is 560 g/mol. The fourth-order valence-corrected chi connectivity index (χ4v) is 4.66. The van der Waals surface area contributed by atoms with Gasteiger partial charge in [-0.3, -0.25) is 0 Å². The van der Waals surface area contributed by atoms with Gasteiger partial charge in [0.15, 0.2) is 0 Å². The predicted molar refractivity (Wildman–Crippen MR) is 156 cm³/mol. The molecule has 3 aromatic carbocycles. The van der Waals surface area contributed by atoms with E-state index in [1.807, 2.05) is 84.9 Å². The summed E-state index contributed by atoms with van der Waals surface area (Å²) in [5.41, 5.74) is 2.02. The van der Waals surface area contributed by atoms with Crippen LogP contribution in [0.4, 0.5) is 9.59 Å². The number of aliphatic hydroxyl groups excluding tert-OH is 1. The molecule has 0 heterocycles. The molecule has 0 aliphatic rings. The van der Waals surface area contributed by atoms with Gasteiger partial charge >= 0.3 is 12.2 Å². The molecular formula is C31H37BrN2O5. The highest BCUT2D eigenvalue weighted by Crippen LogP contribution is 2.22. The number of carbonyl (C=O) groups is 2. The monoisotopic (exact) mass is 596 g/mol. The summed E-state index contributed by atoms with van der Waals surface area (Å²) in [5.74, 6) is 0. The summed E-state index contributed by atoms with van der Waals surface area (Å²) < 4.78 is 6.39. The lowest BCUT2D eigenvalue weighted by atomic mass is 9.92. The third-order valence-electron chi connectivity index (χ3n) is 6.25. The first-order valence-corrected chi connectivity index (χ1v) is 13.8. The minimum atomic E-state index is -1.08. The lowest BCUT2D eigenvalue weighted by Gasteiger charge is -2.34. The molecule has 0 aliphatic carbocycles. The summed E-state index contributed by atoms with van der Waals surface area (Å²) in [4.78, 5) is 26.6. The summed E-state index contributed by atoms with van der Waals surface area (Å²) in [6.45, 7) is 5.50. The molecule has 0 fully saturated rings. The SMILES string of the molecule is CC(C)(C)OC(=O)N[C@@H](Cc1ccccc1)[C@@H](O)CC(Cc1ccc(Br)cc1)N(Cc1ccccc1)C(=O)O. The van der Waals surface area contributed by atoms with E-state index in [9.17, 15) is 19.8 Å². The van der Waals surface area contributed by atoms with Gasteiger partial charge in [-0.05, 0) is 68.9 Å². The van der Waals surface area contributed by atoms with Crippen LogP contribution < -0.4 is 5.32 Å². The maximum absolute atomic E-state index is 12.7. The second-order valence-electron chi connectivity index (χ2n) is 10.6. The number of hydrogen-bond acceptors (Lipinski definition) is 4. The highest BCUT2D eigenvalue weighted by Gasteiger charge is 2.31. The van der Waals surface area contributed by atoms with Crippen molar-refractivity contribution in [1.29, 1.82) is 0 Å². The molecule has 0 spiro atoms. The van der Waals surface area contributed by atoms with E-state index in [1.165, 1.54) is 4.90 Å². The molecule has 3 aromatic rings. The van der Waals surface area contributed by atoms with E-state index in [2.05, 4.69) is 21.2 Å². The lowest BCUT2D eigenvalue weighted by molar-refractivity contribution is 0.0351. The van der Waals surface area contributed by atoms with Crippen molar-refractivity contribution in [3.8, 4) is 0 Å². The standard InChI is InChI=1S/C31H37BrN2O5/c1-31(2,3)39-29(36)33-27(19-22-10-6-4-7-11-22)28(35)20-26(18-23-14-16-25(32)17-15-23)34(30(37)38)21-24-12-8-5-9-13-24/h4-17,26-28,35H,18-21H2,1-3H3,(H,33,36)(H,37,38)/t26?,27-,28-/m0/s1. The van der Waals surface area contributed by atoms with Gasteiger partial charge in [0.05, 0.1) is 12.1 Å². The Balaban J connectivity index is 1.89. The second-order valence-corrected chi connectivity index (χ2v) is 11.5. The van der Waals surface area contributed by atoms with Crippen molar-refractivity contribution in [3.63, 3.8) is 0 Å².